The highest BCUT2D eigenvalue weighted by atomic mass is 35.5. The van der Waals surface area contributed by atoms with Crippen molar-refractivity contribution in [1.29, 1.82) is 0 Å². The van der Waals surface area contributed by atoms with Gasteiger partial charge in [0, 0.05) is 40.6 Å². The van der Waals surface area contributed by atoms with E-state index in [2.05, 4.69) is 20.8 Å². The van der Waals surface area contributed by atoms with E-state index in [9.17, 15) is 4.79 Å². The van der Waals surface area contributed by atoms with Crippen LogP contribution in [0, 0.1) is 0 Å². The number of amides is 1. The number of ether oxygens (including phenoxy) is 1. The van der Waals surface area contributed by atoms with Crippen molar-refractivity contribution in [2.75, 3.05) is 5.32 Å². The number of hydrogen-bond acceptors (Lipinski definition) is 6. The monoisotopic (exact) mass is 507 g/mol. The Morgan fingerprint density at radius 2 is 1.81 bits per heavy atom. The van der Waals surface area contributed by atoms with Crippen LogP contribution >= 0.6 is 11.6 Å². The van der Waals surface area contributed by atoms with E-state index in [-0.39, 0.29) is 18.2 Å². The summed E-state index contributed by atoms with van der Waals surface area (Å²) in [6.07, 6.45) is 10.6. The Morgan fingerprint density at radius 1 is 1.08 bits per heavy atom. The van der Waals surface area contributed by atoms with Crippen molar-refractivity contribution in [2.45, 2.75) is 64.1 Å². The third-order valence-electron chi connectivity index (χ3n) is 6.22. The maximum Gasteiger partial charge on any atom is 0.407 e. The summed E-state index contributed by atoms with van der Waals surface area (Å²) in [4.78, 5) is 21.8. The van der Waals surface area contributed by atoms with E-state index >= 15 is 0 Å². The fraction of sp³-hybridized carbons (Fsp3) is 0.385. The van der Waals surface area contributed by atoms with Crippen LogP contribution in [0.4, 0.5) is 10.6 Å². The largest absolute Gasteiger partial charge is 0.444 e. The van der Waals surface area contributed by atoms with Gasteiger partial charge in [-0.25, -0.2) is 14.8 Å². The van der Waals surface area contributed by atoms with E-state index in [0.717, 1.165) is 59.7 Å². The maximum atomic E-state index is 12.1. The second-order valence-electron chi connectivity index (χ2n) is 10.1. The predicted molar refractivity (Wildman–Crippen MR) is 140 cm³/mol. The van der Waals surface area contributed by atoms with Crippen molar-refractivity contribution < 1.29 is 9.53 Å². The molecule has 9 nitrogen and oxygen atoms in total. The molecule has 1 aliphatic carbocycles. The molecule has 188 valence electrons. The van der Waals surface area contributed by atoms with Crippen LogP contribution in [-0.2, 0) is 4.74 Å². The summed E-state index contributed by atoms with van der Waals surface area (Å²) in [5, 5.41) is 14.2. The molecule has 0 aliphatic heterocycles. The molecule has 3 N–H and O–H groups in total. The normalized spacial score (nSPS) is 18.2. The minimum atomic E-state index is -0.502. The molecular formula is C26H30ClN7O2. The first-order valence-corrected chi connectivity index (χ1v) is 12.5. The molecule has 0 radical (unpaired) electrons. The number of nitrogens with one attached hydrogen (secondary N) is 3. The van der Waals surface area contributed by atoms with Crippen LogP contribution in [0.15, 0.2) is 49.1 Å². The first-order valence-electron chi connectivity index (χ1n) is 12.1. The molecule has 4 aromatic rings. The molecule has 1 amide bonds. The van der Waals surface area contributed by atoms with Gasteiger partial charge in [0.1, 0.15) is 5.60 Å². The van der Waals surface area contributed by atoms with Gasteiger partial charge in [0.25, 0.3) is 0 Å². The lowest BCUT2D eigenvalue weighted by atomic mass is 9.91. The first kappa shape index (κ1) is 24.1. The third kappa shape index (κ3) is 5.46. The van der Waals surface area contributed by atoms with Crippen LogP contribution in [0.25, 0.3) is 28.2 Å². The highest BCUT2D eigenvalue weighted by Crippen LogP contribution is 2.30. The minimum Gasteiger partial charge on any atom is -0.444 e. The number of nitrogens with zero attached hydrogens (tertiary/aromatic N) is 4. The van der Waals surface area contributed by atoms with Crippen LogP contribution in [0.1, 0.15) is 46.5 Å². The van der Waals surface area contributed by atoms with Crippen LogP contribution in [0.5, 0.6) is 0 Å². The van der Waals surface area contributed by atoms with Gasteiger partial charge in [-0.2, -0.15) is 5.10 Å². The number of carbonyl (C=O) groups is 1. The Kier molecular flexibility index (Phi) is 6.57. The van der Waals surface area contributed by atoms with Crippen LogP contribution in [0.2, 0.25) is 5.02 Å². The number of fused-ring (bicyclic) bond motifs is 1. The zero-order valence-corrected chi connectivity index (χ0v) is 21.3. The van der Waals surface area contributed by atoms with E-state index in [0.29, 0.717) is 5.02 Å². The van der Waals surface area contributed by atoms with Gasteiger partial charge < -0.3 is 15.4 Å². The predicted octanol–water partition coefficient (Wildman–Crippen LogP) is 5.69. The van der Waals surface area contributed by atoms with Crippen molar-refractivity contribution in [1.82, 2.24) is 29.9 Å². The van der Waals surface area contributed by atoms with Crippen molar-refractivity contribution in [3.05, 3.63) is 54.1 Å². The number of H-pyrrole nitrogens is 1. The molecular weight excluding hydrogens is 478 g/mol. The molecule has 3 heterocycles. The molecule has 0 spiro atoms. The number of halogens is 1. The number of aromatic amines is 1. The summed E-state index contributed by atoms with van der Waals surface area (Å²) < 4.78 is 7.44. The number of benzene rings is 1. The molecule has 1 fully saturated rings. The molecule has 36 heavy (non-hydrogen) atoms. The lowest BCUT2D eigenvalue weighted by molar-refractivity contribution is 0.0492. The van der Waals surface area contributed by atoms with Crippen molar-refractivity contribution in [3.63, 3.8) is 0 Å². The van der Waals surface area contributed by atoms with Crippen LogP contribution in [-0.4, -0.2) is 48.3 Å². The molecule has 5 rings (SSSR count). The summed E-state index contributed by atoms with van der Waals surface area (Å²) >= 11 is 6.08. The Bertz CT molecular complexity index is 1340. The number of anilines is 1. The molecule has 0 atom stereocenters. The van der Waals surface area contributed by atoms with Gasteiger partial charge in [-0.15, -0.1) is 0 Å². The molecule has 0 unspecified atom stereocenters. The molecule has 3 aromatic heterocycles. The number of imidazole rings is 1. The molecule has 0 saturated heterocycles. The first-order chi connectivity index (χ1) is 17.2. The highest BCUT2D eigenvalue weighted by molar-refractivity contribution is 6.30. The number of hydrogen-bond donors (Lipinski definition) is 3. The summed E-state index contributed by atoms with van der Waals surface area (Å²) in [6, 6.07) is 7.98. The van der Waals surface area contributed by atoms with Gasteiger partial charge in [0.15, 0.2) is 11.5 Å². The maximum absolute atomic E-state index is 12.1. The van der Waals surface area contributed by atoms with Crippen LogP contribution < -0.4 is 10.6 Å². The molecule has 1 aromatic carbocycles. The summed E-state index contributed by atoms with van der Waals surface area (Å²) in [6.45, 7) is 5.60. The van der Waals surface area contributed by atoms with E-state index in [4.69, 9.17) is 26.3 Å². The number of carbonyl (C=O) groups excluding carboxylic acids is 1. The topological polar surface area (TPSA) is 109 Å². The third-order valence-corrected chi connectivity index (χ3v) is 6.47. The Labute approximate surface area is 214 Å². The van der Waals surface area contributed by atoms with Crippen molar-refractivity contribution in [3.8, 4) is 22.5 Å². The lowest BCUT2D eigenvalue weighted by Gasteiger charge is -2.30. The number of rotatable bonds is 5. The van der Waals surface area contributed by atoms with Crippen LogP contribution in [0.3, 0.4) is 0 Å². The molecule has 1 aliphatic rings. The minimum absolute atomic E-state index is 0.109. The van der Waals surface area contributed by atoms with E-state index in [1.807, 2.05) is 68.0 Å². The number of alkyl carbamates (subject to hydrolysis) is 1. The molecule has 10 heteroatoms. The SMILES string of the molecule is CC(C)(C)OC(=O)N[C@H]1CC[C@H](Nc2ncc(-c3cn[nH]c3)n3cc(-c4ccc(Cl)cc4)nc23)CC1. The average Bonchev–Trinajstić information content (AvgIpc) is 3.51. The van der Waals surface area contributed by atoms with Gasteiger partial charge in [-0.05, 0) is 58.6 Å². The summed E-state index contributed by atoms with van der Waals surface area (Å²) in [5.74, 6) is 0.728. The Hall–Kier alpha value is -3.59. The zero-order chi connectivity index (χ0) is 25.3. The lowest BCUT2D eigenvalue weighted by Crippen LogP contribution is -2.42. The zero-order valence-electron chi connectivity index (χ0n) is 20.6. The molecule has 0 bridgehead atoms. The van der Waals surface area contributed by atoms with E-state index in [1.54, 1.807) is 6.20 Å². The van der Waals surface area contributed by atoms with Gasteiger partial charge in [0.05, 0.1) is 23.8 Å². The van der Waals surface area contributed by atoms with Crippen molar-refractivity contribution >= 4 is 29.2 Å². The van der Waals surface area contributed by atoms with E-state index in [1.165, 1.54) is 0 Å². The second kappa shape index (κ2) is 9.81. The van der Waals surface area contributed by atoms with Gasteiger partial charge in [-0.1, -0.05) is 23.7 Å². The Balaban J connectivity index is 1.35. The highest BCUT2D eigenvalue weighted by Gasteiger charge is 2.26. The Morgan fingerprint density at radius 3 is 2.47 bits per heavy atom. The smallest absolute Gasteiger partial charge is 0.407 e. The fourth-order valence-electron chi connectivity index (χ4n) is 4.49. The summed E-state index contributed by atoms with van der Waals surface area (Å²) in [7, 11) is 0. The standard InChI is InChI=1S/C26H30ClN7O2/c1-26(2,3)36-25(35)32-20-10-8-19(9-11-20)31-23-24-33-21(16-4-6-18(27)7-5-16)15-34(24)22(14-28-23)17-12-29-30-13-17/h4-7,12-15,19-20H,8-11H2,1-3H3,(H,28,31)(H,29,30)(H,32,35)/t19-,20-. The quantitative estimate of drug-likeness (QED) is 0.320. The fourth-order valence-corrected chi connectivity index (χ4v) is 4.62. The molecule has 1 saturated carbocycles. The van der Waals surface area contributed by atoms with Gasteiger partial charge >= 0.3 is 6.09 Å². The van der Waals surface area contributed by atoms with Crippen molar-refractivity contribution in [2.24, 2.45) is 0 Å². The second-order valence-corrected chi connectivity index (χ2v) is 10.6. The number of aromatic nitrogens is 5. The van der Waals surface area contributed by atoms with Gasteiger partial charge in [-0.3, -0.25) is 9.50 Å². The van der Waals surface area contributed by atoms with Gasteiger partial charge in [0.2, 0.25) is 0 Å². The van der Waals surface area contributed by atoms with E-state index < -0.39 is 5.60 Å². The average molecular weight is 508 g/mol. The summed E-state index contributed by atoms with van der Waals surface area (Å²) in [5.41, 5.74) is 3.86.